The van der Waals surface area contributed by atoms with E-state index in [1.807, 2.05) is 6.92 Å². The number of halogens is 1. The Hall–Kier alpha value is -1.26. The maximum Gasteiger partial charge on any atom is 0.251 e. The maximum absolute atomic E-state index is 12.0. The van der Waals surface area contributed by atoms with E-state index in [2.05, 4.69) is 5.32 Å². The molecular weight excluding hydrogens is 254 g/mol. The Kier molecular flexibility index (Phi) is 5.95. The van der Waals surface area contributed by atoms with Gasteiger partial charge in [-0.25, -0.2) is 0 Å². The molecule has 1 aromatic carbocycles. The third-order valence-corrected chi connectivity index (χ3v) is 2.85. The molecule has 18 heavy (non-hydrogen) atoms. The molecule has 1 amide bonds. The number of rotatable bonds is 6. The van der Waals surface area contributed by atoms with E-state index >= 15 is 0 Å². The van der Waals surface area contributed by atoms with Gasteiger partial charge in [0, 0.05) is 12.7 Å². The van der Waals surface area contributed by atoms with Gasteiger partial charge in [-0.2, -0.15) is 0 Å². The molecule has 1 rings (SSSR count). The van der Waals surface area contributed by atoms with Crippen LogP contribution >= 0.6 is 11.6 Å². The van der Waals surface area contributed by atoms with Crippen LogP contribution in [0.2, 0.25) is 5.02 Å². The van der Waals surface area contributed by atoms with Gasteiger partial charge >= 0.3 is 0 Å². The Balaban J connectivity index is 2.70. The van der Waals surface area contributed by atoms with Gasteiger partial charge in [-0.15, -0.1) is 0 Å². The first-order valence-electron chi connectivity index (χ1n) is 5.86. The Morgan fingerprint density at radius 1 is 1.56 bits per heavy atom. The van der Waals surface area contributed by atoms with Crippen molar-refractivity contribution in [3.8, 4) is 5.75 Å². The normalized spacial score (nSPS) is 12.2. The fourth-order valence-corrected chi connectivity index (χ4v) is 1.84. The molecule has 100 valence electrons. The monoisotopic (exact) mass is 271 g/mol. The first-order chi connectivity index (χ1) is 8.58. The number of hydrogen-bond donors (Lipinski definition) is 2. The van der Waals surface area contributed by atoms with Gasteiger partial charge in [-0.1, -0.05) is 24.9 Å². The van der Waals surface area contributed by atoms with Gasteiger partial charge in [-0.3, -0.25) is 4.79 Å². The van der Waals surface area contributed by atoms with E-state index in [1.165, 1.54) is 18.2 Å². The van der Waals surface area contributed by atoms with Crippen LogP contribution in [0.5, 0.6) is 5.75 Å². The van der Waals surface area contributed by atoms with Crippen molar-refractivity contribution >= 4 is 17.5 Å². The highest BCUT2D eigenvalue weighted by Gasteiger charge is 2.13. The van der Waals surface area contributed by atoms with Crippen molar-refractivity contribution in [1.82, 2.24) is 5.32 Å². The van der Waals surface area contributed by atoms with Gasteiger partial charge in [0.1, 0.15) is 5.75 Å². The summed E-state index contributed by atoms with van der Waals surface area (Å²) in [6, 6.07) is 4.37. The molecule has 1 aromatic rings. The van der Waals surface area contributed by atoms with Crippen LogP contribution < -0.4 is 5.32 Å². The van der Waals surface area contributed by atoms with Gasteiger partial charge in [0.2, 0.25) is 0 Å². The average molecular weight is 272 g/mol. The lowest BCUT2D eigenvalue weighted by Crippen LogP contribution is -2.37. The Labute approximate surface area is 112 Å². The van der Waals surface area contributed by atoms with Crippen LogP contribution in [0.25, 0.3) is 0 Å². The van der Waals surface area contributed by atoms with Crippen molar-refractivity contribution in [2.24, 2.45) is 0 Å². The molecule has 0 radical (unpaired) electrons. The molecule has 0 aliphatic carbocycles. The number of aromatic hydroxyl groups is 1. The molecule has 1 unspecified atom stereocenters. The van der Waals surface area contributed by atoms with Gasteiger partial charge in [0.05, 0.1) is 17.7 Å². The van der Waals surface area contributed by atoms with Crippen LogP contribution in [-0.4, -0.2) is 30.8 Å². The number of phenols is 1. The van der Waals surface area contributed by atoms with Crippen LogP contribution in [0, 0.1) is 0 Å². The molecule has 0 aliphatic rings. The lowest BCUT2D eigenvalue weighted by Gasteiger charge is -2.17. The highest BCUT2D eigenvalue weighted by atomic mass is 35.5. The lowest BCUT2D eigenvalue weighted by atomic mass is 10.1. The summed E-state index contributed by atoms with van der Waals surface area (Å²) in [4.78, 5) is 12.0. The number of carbonyl (C=O) groups excluding carboxylic acids is 1. The van der Waals surface area contributed by atoms with Crippen molar-refractivity contribution in [3.05, 3.63) is 28.8 Å². The summed E-state index contributed by atoms with van der Waals surface area (Å²) >= 11 is 5.76. The van der Waals surface area contributed by atoms with Gasteiger partial charge in [0.15, 0.2) is 0 Å². The Bertz CT molecular complexity index is 403. The van der Waals surface area contributed by atoms with E-state index in [1.54, 1.807) is 7.11 Å². The molecule has 0 aromatic heterocycles. The number of ether oxygens (including phenoxy) is 1. The van der Waals surface area contributed by atoms with E-state index in [4.69, 9.17) is 16.3 Å². The molecule has 0 fully saturated rings. The fourth-order valence-electron chi connectivity index (χ4n) is 1.66. The molecule has 0 bridgehead atoms. The molecule has 0 saturated heterocycles. The van der Waals surface area contributed by atoms with Crippen molar-refractivity contribution in [2.75, 3.05) is 13.7 Å². The maximum atomic E-state index is 12.0. The SMILES string of the molecule is CCCC(COC)NC(=O)c1ccc(O)c(Cl)c1. The summed E-state index contributed by atoms with van der Waals surface area (Å²) in [6.45, 7) is 2.53. The van der Waals surface area contributed by atoms with Crippen molar-refractivity contribution < 1.29 is 14.6 Å². The molecule has 0 spiro atoms. The summed E-state index contributed by atoms with van der Waals surface area (Å²) in [5, 5.41) is 12.3. The standard InChI is InChI=1S/C13H18ClNO3/c1-3-4-10(8-18-2)15-13(17)9-5-6-12(16)11(14)7-9/h5-7,10,16H,3-4,8H2,1-2H3,(H,15,17). The summed E-state index contributed by atoms with van der Waals surface area (Å²) < 4.78 is 5.06. The van der Waals surface area contributed by atoms with Crippen molar-refractivity contribution in [1.29, 1.82) is 0 Å². The van der Waals surface area contributed by atoms with Crippen LogP contribution in [0.1, 0.15) is 30.1 Å². The Morgan fingerprint density at radius 3 is 2.83 bits per heavy atom. The van der Waals surface area contributed by atoms with Gasteiger partial charge in [-0.05, 0) is 24.6 Å². The third-order valence-electron chi connectivity index (χ3n) is 2.55. The summed E-state index contributed by atoms with van der Waals surface area (Å²) in [5.74, 6) is -0.248. The number of hydrogen-bond acceptors (Lipinski definition) is 3. The largest absolute Gasteiger partial charge is 0.506 e. The molecular formula is C13H18ClNO3. The van der Waals surface area contributed by atoms with Crippen molar-refractivity contribution in [3.63, 3.8) is 0 Å². The smallest absolute Gasteiger partial charge is 0.251 e. The fraction of sp³-hybridized carbons (Fsp3) is 0.462. The number of carbonyl (C=O) groups is 1. The second kappa shape index (κ2) is 7.24. The minimum absolute atomic E-state index is 0.0138. The summed E-state index contributed by atoms with van der Waals surface area (Å²) in [5.41, 5.74) is 0.426. The zero-order valence-electron chi connectivity index (χ0n) is 10.6. The summed E-state index contributed by atoms with van der Waals surface area (Å²) in [7, 11) is 1.60. The molecule has 5 heteroatoms. The number of methoxy groups -OCH3 is 1. The van der Waals surface area contributed by atoms with E-state index in [0.717, 1.165) is 12.8 Å². The first kappa shape index (κ1) is 14.8. The zero-order chi connectivity index (χ0) is 13.5. The minimum Gasteiger partial charge on any atom is -0.506 e. The third kappa shape index (κ3) is 4.20. The lowest BCUT2D eigenvalue weighted by molar-refractivity contribution is 0.0891. The molecule has 4 nitrogen and oxygen atoms in total. The van der Waals surface area contributed by atoms with Gasteiger partial charge in [0.25, 0.3) is 5.91 Å². The first-order valence-corrected chi connectivity index (χ1v) is 6.24. The van der Waals surface area contributed by atoms with Crippen LogP contribution in [0.4, 0.5) is 0 Å². The molecule has 0 heterocycles. The predicted molar refractivity (Wildman–Crippen MR) is 71.2 cm³/mol. The quantitative estimate of drug-likeness (QED) is 0.836. The topological polar surface area (TPSA) is 58.6 Å². The molecule has 2 N–H and O–H groups in total. The predicted octanol–water partition coefficient (Wildman–Crippen LogP) is 2.59. The van der Waals surface area contributed by atoms with E-state index in [9.17, 15) is 9.90 Å². The second-order valence-electron chi connectivity index (χ2n) is 4.08. The highest BCUT2D eigenvalue weighted by Crippen LogP contribution is 2.23. The second-order valence-corrected chi connectivity index (χ2v) is 4.49. The van der Waals surface area contributed by atoms with Crippen molar-refractivity contribution in [2.45, 2.75) is 25.8 Å². The van der Waals surface area contributed by atoms with Crippen LogP contribution in [-0.2, 0) is 4.74 Å². The number of nitrogens with one attached hydrogen (secondary N) is 1. The highest BCUT2D eigenvalue weighted by molar-refractivity contribution is 6.32. The minimum atomic E-state index is -0.215. The van der Waals surface area contributed by atoms with Crippen LogP contribution in [0.3, 0.4) is 0 Å². The average Bonchev–Trinajstić information content (AvgIpc) is 2.33. The number of amides is 1. The van der Waals surface area contributed by atoms with Crippen LogP contribution in [0.15, 0.2) is 18.2 Å². The molecule has 0 saturated carbocycles. The zero-order valence-corrected chi connectivity index (χ0v) is 11.3. The summed E-state index contributed by atoms with van der Waals surface area (Å²) in [6.07, 6.45) is 1.82. The number of benzene rings is 1. The van der Waals surface area contributed by atoms with E-state index in [-0.39, 0.29) is 22.7 Å². The van der Waals surface area contributed by atoms with Gasteiger partial charge < -0.3 is 15.2 Å². The molecule has 1 atom stereocenters. The Morgan fingerprint density at radius 2 is 2.28 bits per heavy atom. The van der Waals surface area contributed by atoms with E-state index in [0.29, 0.717) is 12.2 Å². The molecule has 0 aliphatic heterocycles. The van der Waals surface area contributed by atoms with E-state index < -0.39 is 0 Å². The number of phenolic OH excluding ortho intramolecular Hbond substituents is 1.